The third-order valence-electron chi connectivity index (χ3n) is 3.52. The molecule has 0 aromatic heterocycles. The van der Waals surface area contributed by atoms with E-state index in [2.05, 4.69) is 12.2 Å². The van der Waals surface area contributed by atoms with Crippen LogP contribution in [0, 0.1) is 11.8 Å². The van der Waals surface area contributed by atoms with Crippen LogP contribution < -0.4 is 11.1 Å². The largest absolute Gasteiger partial charge is 0.369 e. The molecule has 0 aromatic carbocycles. The Kier molecular flexibility index (Phi) is 4.55. The predicted molar refractivity (Wildman–Crippen MR) is 67.2 cm³/mol. The van der Waals surface area contributed by atoms with E-state index in [1.807, 2.05) is 6.92 Å². The van der Waals surface area contributed by atoms with Crippen LogP contribution in [0.4, 0.5) is 0 Å². The molecule has 0 spiro atoms. The number of nitrogens with two attached hydrogens (primary N) is 1. The summed E-state index contributed by atoms with van der Waals surface area (Å²) in [4.78, 5) is 10.8. The summed E-state index contributed by atoms with van der Waals surface area (Å²) in [5.74, 6) is -0.761. The first-order valence-electron chi connectivity index (χ1n) is 5.95. The molecule has 0 radical (unpaired) electrons. The van der Waals surface area contributed by atoms with E-state index in [-0.39, 0.29) is 12.0 Å². The van der Waals surface area contributed by atoms with Crippen molar-refractivity contribution in [2.24, 2.45) is 17.6 Å². The van der Waals surface area contributed by atoms with E-state index in [9.17, 15) is 13.2 Å². The molecular weight excluding hydrogens is 240 g/mol. The highest BCUT2D eigenvalue weighted by atomic mass is 32.2. The summed E-state index contributed by atoms with van der Waals surface area (Å²) in [6.07, 6.45) is 1.70. The third-order valence-corrected chi connectivity index (χ3v) is 5.83. The van der Waals surface area contributed by atoms with Gasteiger partial charge in [0.05, 0.1) is 5.25 Å². The second-order valence-electron chi connectivity index (χ2n) is 5.19. The number of hydrogen-bond donors (Lipinski definition) is 2. The second-order valence-corrected chi connectivity index (χ2v) is 7.35. The van der Waals surface area contributed by atoms with Crippen LogP contribution in [0.1, 0.15) is 26.7 Å². The molecule has 1 aliphatic carbocycles. The van der Waals surface area contributed by atoms with Crippen LogP contribution in [0.15, 0.2) is 0 Å². The van der Waals surface area contributed by atoms with Crippen molar-refractivity contribution in [1.29, 1.82) is 0 Å². The van der Waals surface area contributed by atoms with E-state index in [1.54, 1.807) is 7.05 Å². The maximum absolute atomic E-state index is 12.1. The highest BCUT2D eigenvalue weighted by molar-refractivity contribution is 7.92. The topological polar surface area (TPSA) is 89.3 Å². The molecule has 100 valence electrons. The minimum atomic E-state index is -3.45. The van der Waals surface area contributed by atoms with Crippen LogP contribution in [0.5, 0.6) is 0 Å². The molecule has 1 fully saturated rings. The first-order chi connectivity index (χ1) is 7.77. The zero-order valence-corrected chi connectivity index (χ0v) is 11.5. The van der Waals surface area contributed by atoms with Crippen molar-refractivity contribution in [1.82, 2.24) is 5.32 Å². The van der Waals surface area contributed by atoms with Gasteiger partial charge in [0, 0.05) is 6.04 Å². The first-order valence-corrected chi connectivity index (χ1v) is 7.66. The lowest BCUT2D eigenvalue weighted by Gasteiger charge is -2.38. The Hall–Kier alpha value is -0.620. The lowest BCUT2D eigenvalue weighted by molar-refractivity contribution is -0.115. The lowest BCUT2D eigenvalue weighted by atomic mass is 9.80. The molecule has 0 aliphatic heterocycles. The molecule has 1 saturated carbocycles. The smallest absolute Gasteiger partial charge is 0.232 e. The number of primary amides is 1. The summed E-state index contributed by atoms with van der Waals surface area (Å²) < 4.78 is 24.3. The average molecular weight is 262 g/mol. The van der Waals surface area contributed by atoms with Gasteiger partial charge in [-0.2, -0.15) is 0 Å². The van der Waals surface area contributed by atoms with Gasteiger partial charge in [-0.15, -0.1) is 0 Å². The molecule has 0 saturated heterocycles. The summed E-state index contributed by atoms with van der Waals surface area (Å²) in [5.41, 5.74) is 5.01. The molecule has 0 heterocycles. The first kappa shape index (κ1) is 14.4. The molecule has 1 rings (SSSR count). The van der Waals surface area contributed by atoms with Crippen LogP contribution in [0.2, 0.25) is 0 Å². The van der Waals surface area contributed by atoms with E-state index < -0.39 is 26.7 Å². The van der Waals surface area contributed by atoms with Crippen molar-refractivity contribution in [3.05, 3.63) is 0 Å². The van der Waals surface area contributed by atoms with Crippen LogP contribution in [-0.2, 0) is 14.6 Å². The number of rotatable bonds is 4. The number of sulfone groups is 1. The Morgan fingerprint density at radius 1 is 1.35 bits per heavy atom. The van der Waals surface area contributed by atoms with E-state index in [1.165, 1.54) is 0 Å². The van der Waals surface area contributed by atoms with Crippen molar-refractivity contribution in [2.45, 2.75) is 38.0 Å². The van der Waals surface area contributed by atoms with Gasteiger partial charge in [0.15, 0.2) is 9.84 Å². The Morgan fingerprint density at radius 2 is 1.94 bits per heavy atom. The molecule has 1 amide bonds. The summed E-state index contributed by atoms with van der Waals surface area (Å²) in [6, 6.07) is -0.0851. The Balaban J connectivity index is 2.96. The number of nitrogens with one attached hydrogen (secondary N) is 1. The van der Waals surface area contributed by atoms with Crippen molar-refractivity contribution >= 4 is 15.7 Å². The highest BCUT2D eigenvalue weighted by Crippen LogP contribution is 2.33. The monoisotopic (exact) mass is 262 g/mol. The molecule has 4 atom stereocenters. The molecule has 0 aromatic rings. The molecule has 1 aliphatic rings. The van der Waals surface area contributed by atoms with E-state index in [4.69, 9.17) is 5.73 Å². The summed E-state index contributed by atoms with van der Waals surface area (Å²) in [7, 11) is -1.69. The minimum Gasteiger partial charge on any atom is -0.369 e. The number of amides is 1. The van der Waals surface area contributed by atoms with Gasteiger partial charge in [0.25, 0.3) is 0 Å². The number of hydrogen-bond acceptors (Lipinski definition) is 4. The van der Waals surface area contributed by atoms with Gasteiger partial charge in [0.2, 0.25) is 5.91 Å². The second kappa shape index (κ2) is 5.35. The predicted octanol–water partition coefficient (Wildman–Crippen LogP) is -0.0909. The maximum atomic E-state index is 12.1. The van der Waals surface area contributed by atoms with Crippen molar-refractivity contribution in [3.8, 4) is 0 Å². The zero-order chi connectivity index (χ0) is 13.2. The van der Waals surface area contributed by atoms with Crippen LogP contribution in [0.25, 0.3) is 0 Å². The molecule has 3 N–H and O–H groups in total. The normalized spacial score (nSPS) is 34.5. The average Bonchev–Trinajstić information content (AvgIpc) is 2.13. The van der Waals surface area contributed by atoms with Crippen LogP contribution in [-0.4, -0.2) is 38.4 Å². The van der Waals surface area contributed by atoms with Gasteiger partial charge >= 0.3 is 0 Å². The highest BCUT2D eigenvalue weighted by Gasteiger charge is 2.41. The van der Waals surface area contributed by atoms with Crippen molar-refractivity contribution in [3.63, 3.8) is 0 Å². The van der Waals surface area contributed by atoms with Gasteiger partial charge in [-0.25, -0.2) is 8.42 Å². The van der Waals surface area contributed by atoms with Crippen molar-refractivity contribution < 1.29 is 13.2 Å². The minimum absolute atomic E-state index is 0.0561. The maximum Gasteiger partial charge on any atom is 0.232 e. The third kappa shape index (κ3) is 3.42. The van der Waals surface area contributed by atoms with Crippen LogP contribution in [0.3, 0.4) is 0 Å². The molecule has 17 heavy (non-hydrogen) atoms. The van der Waals surface area contributed by atoms with Gasteiger partial charge in [0.1, 0.15) is 5.75 Å². The van der Waals surface area contributed by atoms with Gasteiger partial charge in [-0.1, -0.05) is 13.8 Å². The summed E-state index contributed by atoms with van der Waals surface area (Å²) in [5, 5.41) is 2.56. The van der Waals surface area contributed by atoms with Gasteiger partial charge in [-0.3, -0.25) is 4.79 Å². The Labute approximate surface area is 103 Å². The molecular formula is C11H22N2O3S. The standard InChI is InChI=1S/C11H22N2O3S/c1-7-4-8(2)11(9(5-7)13-3)17(15,16)6-10(12)14/h7-9,11,13H,4-6H2,1-3H3,(H2,12,14). The van der Waals surface area contributed by atoms with Gasteiger partial charge < -0.3 is 11.1 Å². The fraction of sp³-hybridized carbons (Fsp3) is 0.909. The van der Waals surface area contributed by atoms with Crippen molar-refractivity contribution in [2.75, 3.05) is 12.8 Å². The fourth-order valence-electron chi connectivity index (χ4n) is 3.01. The summed E-state index contributed by atoms with van der Waals surface area (Å²) in [6.45, 7) is 4.06. The number of carbonyl (C=O) groups is 1. The lowest BCUT2D eigenvalue weighted by Crippen LogP contribution is -2.52. The number of carbonyl (C=O) groups excluding carboxylic acids is 1. The molecule has 6 heteroatoms. The molecule has 0 bridgehead atoms. The zero-order valence-electron chi connectivity index (χ0n) is 10.6. The van der Waals surface area contributed by atoms with E-state index in [0.29, 0.717) is 5.92 Å². The van der Waals surface area contributed by atoms with E-state index >= 15 is 0 Å². The fourth-order valence-corrected chi connectivity index (χ4v) is 5.17. The van der Waals surface area contributed by atoms with E-state index in [0.717, 1.165) is 12.8 Å². The van der Waals surface area contributed by atoms with Crippen LogP contribution >= 0.6 is 0 Å². The SMILES string of the molecule is CNC1CC(C)CC(C)C1S(=O)(=O)CC(N)=O. The molecule has 5 nitrogen and oxygen atoms in total. The Morgan fingerprint density at radius 3 is 2.41 bits per heavy atom. The molecule has 4 unspecified atom stereocenters. The summed E-state index contributed by atoms with van der Waals surface area (Å²) >= 11 is 0. The Bertz CT molecular complexity index is 380. The quantitative estimate of drug-likeness (QED) is 0.741. The van der Waals surface area contributed by atoms with Gasteiger partial charge in [-0.05, 0) is 31.7 Å².